The van der Waals surface area contributed by atoms with Crippen LogP contribution in [0.3, 0.4) is 0 Å². The number of aromatic nitrogens is 3. The van der Waals surface area contributed by atoms with Crippen LogP contribution in [0.2, 0.25) is 0 Å². The van der Waals surface area contributed by atoms with Crippen LogP contribution in [-0.4, -0.2) is 64.6 Å². The Bertz CT molecular complexity index is 1120. The van der Waals surface area contributed by atoms with Gasteiger partial charge in [0.05, 0.1) is 12.9 Å². The summed E-state index contributed by atoms with van der Waals surface area (Å²) in [5.41, 5.74) is 0.974. The zero-order chi connectivity index (χ0) is 24.8. The van der Waals surface area contributed by atoms with Crippen LogP contribution in [0.4, 0.5) is 10.1 Å². The van der Waals surface area contributed by atoms with Gasteiger partial charge in [0.15, 0.2) is 17.1 Å². The summed E-state index contributed by atoms with van der Waals surface area (Å²) in [5, 5.41) is 9.36. The van der Waals surface area contributed by atoms with E-state index in [2.05, 4.69) is 15.1 Å². The van der Waals surface area contributed by atoms with Crippen LogP contribution in [-0.2, 0) is 11.3 Å². The second kappa shape index (κ2) is 11.4. The first-order valence-electron chi connectivity index (χ1n) is 11.6. The summed E-state index contributed by atoms with van der Waals surface area (Å²) in [7, 11) is 1.63. The molecule has 2 heterocycles. The number of rotatable bonds is 9. The maximum absolute atomic E-state index is 13.2. The van der Waals surface area contributed by atoms with E-state index in [-0.39, 0.29) is 17.8 Å². The number of amides is 1. The molecule has 0 spiro atoms. The van der Waals surface area contributed by atoms with Crippen molar-refractivity contribution in [2.45, 2.75) is 31.7 Å². The number of carbonyl (C=O) groups excluding carboxylic acids is 1. The molecule has 8 nitrogen and oxygen atoms in total. The third-order valence-electron chi connectivity index (χ3n) is 5.95. The van der Waals surface area contributed by atoms with Gasteiger partial charge in [-0.05, 0) is 62.4 Å². The van der Waals surface area contributed by atoms with Gasteiger partial charge >= 0.3 is 0 Å². The molecule has 0 radical (unpaired) electrons. The molecule has 1 amide bonds. The highest BCUT2D eigenvalue weighted by atomic mass is 32.2. The predicted molar refractivity (Wildman–Crippen MR) is 134 cm³/mol. The number of anilines is 1. The Labute approximate surface area is 209 Å². The predicted octanol–water partition coefficient (Wildman–Crippen LogP) is 4.03. The molecule has 0 saturated carbocycles. The quantitative estimate of drug-likeness (QED) is 0.412. The molecule has 1 unspecified atom stereocenters. The molecular formula is C25H30FN5O3S. The molecule has 1 atom stereocenters. The van der Waals surface area contributed by atoms with Gasteiger partial charge < -0.3 is 23.8 Å². The molecule has 2 aromatic carbocycles. The van der Waals surface area contributed by atoms with Crippen molar-refractivity contribution in [2.24, 2.45) is 0 Å². The summed E-state index contributed by atoms with van der Waals surface area (Å²) >= 11 is 1.39. The van der Waals surface area contributed by atoms with E-state index in [1.54, 1.807) is 19.2 Å². The van der Waals surface area contributed by atoms with Gasteiger partial charge in [0, 0.05) is 38.4 Å². The lowest BCUT2D eigenvalue weighted by molar-refractivity contribution is -0.128. The normalized spacial score (nSPS) is 14.6. The number of thioether (sulfide) groups is 1. The van der Waals surface area contributed by atoms with Crippen molar-refractivity contribution in [3.8, 4) is 11.5 Å². The molecule has 186 valence electrons. The molecule has 0 bridgehead atoms. The summed E-state index contributed by atoms with van der Waals surface area (Å²) in [5.74, 6) is 2.32. The van der Waals surface area contributed by atoms with Crippen molar-refractivity contribution in [3.05, 3.63) is 60.2 Å². The van der Waals surface area contributed by atoms with Gasteiger partial charge in [0.2, 0.25) is 5.91 Å². The van der Waals surface area contributed by atoms with Gasteiger partial charge in [0.25, 0.3) is 0 Å². The Morgan fingerprint density at radius 1 is 1.03 bits per heavy atom. The van der Waals surface area contributed by atoms with E-state index in [4.69, 9.17) is 9.47 Å². The Morgan fingerprint density at radius 3 is 2.31 bits per heavy atom. The summed E-state index contributed by atoms with van der Waals surface area (Å²) in [6.45, 7) is 7.33. The average molecular weight is 500 g/mol. The van der Waals surface area contributed by atoms with Gasteiger partial charge in [-0.2, -0.15) is 0 Å². The second-order valence-corrected chi connectivity index (χ2v) is 9.10. The monoisotopic (exact) mass is 499 g/mol. The van der Waals surface area contributed by atoms with Gasteiger partial charge in [-0.25, -0.2) is 4.39 Å². The summed E-state index contributed by atoms with van der Waals surface area (Å²) in [6, 6.07) is 13.9. The molecule has 1 fully saturated rings. The molecule has 1 aromatic heterocycles. The highest BCUT2D eigenvalue weighted by Crippen LogP contribution is 2.26. The lowest BCUT2D eigenvalue weighted by Gasteiger charge is -2.36. The first kappa shape index (κ1) is 24.8. The number of hydrogen-bond acceptors (Lipinski definition) is 7. The zero-order valence-corrected chi connectivity index (χ0v) is 21.0. The lowest BCUT2D eigenvalue weighted by atomic mass is 10.2. The first-order valence-corrected chi connectivity index (χ1v) is 12.6. The van der Waals surface area contributed by atoms with Crippen molar-refractivity contribution in [3.63, 3.8) is 0 Å². The number of ether oxygens (including phenoxy) is 2. The fourth-order valence-electron chi connectivity index (χ4n) is 4.00. The molecule has 4 rings (SSSR count). The minimum Gasteiger partial charge on any atom is -0.497 e. The van der Waals surface area contributed by atoms with Gasteiger partial charge in [-0.1, -0.05) is 11.8 Å². The Kier molecular flexibility index (Phi) is 8.12. The van der Waals surface area contributed by atoms with Gasteiger partial charge in [-0.3, -0.25) is 4.79 Å². The highest BCUT2D eigenvalue weighted by molar-refractivity contribution is 7.99. The minimum atomic E-state index is -0.305. The van der Waals surface area contributed by atoms with E-state index in [0.29, 0.717) is 42.1 Å². The average Bonchev–Trinajstić information content (AvgIpc) is 3.31. The molecule has 10 heteroatoms. The Morgan fingerprint density at radius 2 is 1.69 bits per heavy atom. The lowest BCUT2D eigenvalue weighted by Crippen LogP contribution is -2.49. The van der Waals surface area contributed by atoms with E-state index in [9.17, 15) is 9.18 Å². The second-order valence-electron chi connectivity index (χ2n) is 8.15. The molecular weight excluding hydrogens is 469 g/mol. The standard InChI is InChI=1S/C25H30FN5O3S/c1-4-31-24(18(2)34-22-11-9-21(33-3)10-12-22)27-28-25(31)35-17-23(32)30-15-13-29(14-16-30)20-7-5-19(26)6-8-20/h5-12,18H,4,13-17H2,1-3H3. The smallest absolute Gasteiger partial charge is 0.233 e. The topological polar surface area (TPSA) is 72.7 Å². The highest BCUT2D eigenvalue weighted by Gasteiger charge is 2.23. The maximum Gasteiger partial charge on any atom is 0.233 e. The van der Waals surface area contributed by atoms with Crippen LogP contribution in [0.25, 0.3) is 0 Å². The molecule has 1 aliphatic heterocycles. The van der Waals surface area contributed by atoms with Crippen LogP contribution in [0.1, 0.15) is 25.8 Å². The number of halogens is 1. The van der Waals surface area contributed by atoms with Crippen molar-refractivity contribution in [2.75, 3.05) is 43.9 Å². The zero-order valence-electron chi connectivity index (χ0n) is 20.2. The SMILES string of the molecule is CCn1c(SCC(=O)N2CCN(c3ccc(F)cc3)CC2)nnc1C(C)Oc1ccc(OC)cc1. The number of methoxy groups -OCH3 is 1. The van der Waals surface area contributed by atoms with Crippen molar-refractivity contribution >= 4 is 23.4 Å². The van der Waals surface area contributed by atoms with Crippen molar-refractivity contribution < 1.29 is 18.7 Å². The number of benzene rings is 2. The van der Waals surface area contributed by atoms with Crippen molar-refractivity contribution in [1.29, 1.82) is 0 Å². The number of carbonyl (C=O) groups is 1. The Hall–Kier alpha value is -3.27. The third kappa shape index (κ3) is 6.05. The van der Waals surface area contributed by atoms with E-state index in [1.807, 2.05) is 47.6 Å². The molecule has 1 aliphatic rings. The minimum absolute atomic E-state index is 0.0727. The molecule has 0 N–H and O–H groups in total. The van der Waals surface area contributed by atoms with Crippen LogP contribution < -0.4 is 14.4 Å². The largest absolute Gasteiger partial charge is 0.497 e. The van der Waals surface area contributed by atoms with E-state index in [0.717, 1.165) is 24.5 Å². The van der Waals surface area contributed by atoms with Crippen LogP contribution in [0, 0.1) is 5.82 Å². The van der Waals surface area contributed by atoms with Crippen LogP contribution in [0.5, 0.6) is 11.5 Å². The van der Waals surface area contributed by atoms with Gasteiger partial charge in [0.1, 0.15) is 17.3 Å². The van der Waals surface area contributed by atoms with Crippen molar-refractivity contribution in [1.82, 2.24) is 19.7 Å². The summed E-state index contributed by atoms with van der Waals surface area (Å²) in [4.78, 5) is 16.9. The fraction of sp³-hybridized carbons (Fsp3) is 0.400. The number of nitrogens with zero attached hydrogens (tertiary/aromatic N) is 5. The fourth-order valence-corrected chi connectivity index (χ4v) is 4.91. The maximum atomic E-state index is 13.2. The van der Waals surface area contributed by atoms with Gasteiger partial charge in [-0.15, -0.1) is 10.2 Å². The number of piperazine rings is 1. The summed E-state index contributed by atoms with van der Waals surface area (Å²) < 4.78 is 26.4. The molecule has 1 saturated heterocycles. The first-order chi connectivity index (χ1) is 17.0. The summed E-state index contributed by atoms with van der Waals surface area (Å²) in [6.07, 6.45) is -0.305. The van der Waals surface area contributed by atoms with E-state index >= 15 is 0 Å². The molecule has 35 heavy (non-hydrogen) atoms. The van der Waals surface area contributed by atoms with Crippen LogP contribution >= 0.6 is 11.8 Å². The molecule has 0 aliphatic carbocycles. The van der Waals surface area contributed by atoms with Crippen LogP contribution in [0.15, 0.2) is 53.7 Å². The van der Waals surface area contributed by atoms with E-state index < -0.39 is 0 Å². The molecule has 3 aromatic rings. The van der Waals surface area contributed by atoms with E-state index in [1.165, 1.54) is 23.9 Å². The third-order valence-corrected chi connectivity index (χ3v) is 6.90. The Balaban J connectivity index is 1.30. The number of hydrogen-bond donors (Lipinski definition) is 0.